The second-order valence-electron chi connectivity index (χ2n) is 5.55. The van der Waals surface area contributed by atoms with Crippen LogP contribution < -0.4 is 21.4 Å². The molecule has 1 atom stereocenters. The molecule has 0 spiro atoms. The summed E-state index contributed by atoms with van der Waals surface area (Å²) < 4.78 is 5.28. The lowest BCUT2D eigenvalue weighted by Crippen LogP contribution is -2.21. The van der Waals surface area contributed by atoms with Gasteiger partial charge in [0.1, 0.15) is 12.0 Å². The van der Waals surface area contributed by atoms with E-state index in [4.69, 9.17) is 15.7 Å². The maximum atomic E-state index is 12.2. The van der Waals surface area contributed by atoms with E-state index in [9.17, 15) is 14.7 Å². The first-order chi connectivity index (χ1) is 13.5. The van der Waals surface area contributed by atoms with Crippen molar-refractivity contribution < 1.29 is 24.6 Å². The summed E-state index contributed by atoms with van der Waals surface area (Å²) >= 11 is 0. The third kappa shape index (κ3) is 6.65. The third-order valence-electron chi connectivity index (χ3n) is 3.41. The maximum Gasteiger partial charge on any atom is 0.271 e. The van der Waals surface area contributed by atoms with E-state index in [1.54, 1.807) is 60.1 Å². The minimum absolute atomic E-state index is 0.266. The lowest BCUT2D eigenvalue weighted by molar-refractivity contribution is -0.119. The average molecular weight is 384 g/mol. The number of para-hydroxylation sites is 1. The van der Waals surface area contributed by atoms with Crippen molar-refractivity contribution in [2.75, 3.05) is 6.61 Å². The molecule has 0 saturated carbocycles. The first-order valence-corrected chi connectivity index (χ1v) is 8.19. The van der Waals surface area contributed by atoms with Crippen molar-refractivity contribution in [2.45, 2.75) is 6.23 Å². The van der Waals surface area contributed by atoms with Gasteiger partial charge in [0, 0.05) is 11.1 Å². The van der Waals surface area contributed by atoms with E-state index in [0.717, 1.165) is 0 Å². The highest BCUT2D eigenvalue weighted by Gasteiger charge is 2.06. The summed E-state index contributed by atoms with van der Waals surface area (Å²) in [6, 6.07) is 13.4. The second kappa shape index (κ2) is 10.6. The number of rotatable bonds is 9. The van der Waals surface area contributed by atoms with Gasteiger partial charge in [0.15, 0.2) is 6.61 Å². The van der Waals surface area contributed by atoms with Crippen molar-refractivity contribution in [3.8, 4) is 5.75 Å². The number of ether oxygens (including phenoxy) is 1. The average Bonchev–Trinajstić information content (AvgIpc) is 2.71. The van der Waals surface area contributed by atoms with Crippen molar-refractivity contribution >= 4 is 24.1 Å². The number of hydrazone groups is 1. The number of nitrogens with one attached hydrogen (secondary N) is 2. The molecule has 0 fully saturated rings. The molecule has 0 aromatic heterocycles. The van der Waals surface area contributed by atoms with Crippen molar-refractivity contribution in [3.63, 3.8) is 0 Å². The van der Waals surface area contributed by atoms with Gasteiger partial charge >= 0.3 is 0 Å². The largest absolute Gasteiger partial charge is 0.483 e. The number of carbonyl (C=O) groups excluding carboxylic acids is 2. The molecular weight excluding hydrogens is 364 g/mol. The fraction of sp³-hybridized carbons (Fsp3) is 0.105. The Morgan fingerprint density at radius 3 is 2.75 bits per heavy atom. The van der Waals surface area contributed by atoms with Crippen LogP contribution >= 0.6 is 0 Å². The summed E-state index contributed by atoms with van der Waals surface area (Å²) in [5, 5.41) is 21.7. The number of hydrogen-bond donors (Lipinski definition) is 5. The van der Waals surface area contributed by atoms with E-state index < -0.39 is 18.0 Å². The SMILES string of the molecule is NC(=O)COc1ccccc1/C=N\NC(=O)c1cccc(/C=C/C(O)NO)c1. The topological polar surface area (TPSA) is 146 Å². The van der Waals surface area contributed by atoms with Crippen molar-refractivity contribution in [3.05, 3.63) is 71.3 Å². The van der Waals surface area contributed by atoms with Gasteiger partial charge in [-0.3, -0.25) is 9.59 Å². The quantitative estimate of drug-likeness (QED) is 0.243. The highest BCUT2D eigenvalue weighted by molar-refractivity contribution is 5.95. The summed E-state index contributed by atoms with van der Waals surface area (Å²) in [6.07, 6.45) is 3.04. The van der Waals surface area contributed by atoms with Crippen molar-refractivity contribution in [1.82, 2.24) is 10.9 Å². The van der Waals surface area contributed by atoms with Gasteiger partial charge in [-0.25, -0.2) is 5.43 Å². The van der Waals surface area contributed by atoms with Crippen LogP contribution in [-0.4, -0.2) is 41.2 Å². The van der Waals surface area contributed by atoms with E-state index in [-0.39, 0.29) is 6.61 Å². The summed E-state index contributed by atoms with van der Waals surface area (Å²) in [5.74, 6) is -0.637. The summed E-state index contributed by atoms with van der Waals surface area (Å²) in [4.78, 5) is 23.1. The summed E-state index contributed by atoms with van der Waals surface area (Å²) in [6.45, 7) is -0.266. The molecule has 0 aliphatic carbocycles. The predicted octanol–water partition coefficient (Wildman–Crippen LogP) is 0.625. The Hall–Kier alpha value is -3.53. The van der Waals surface area contributed by atoms with Gasteiger partial charge in [-0.1, -0.05) is 30.3 Å². The number of hydrogen-bond acceptors (Lipinski definition) is 7. The predicted molar refractivity (Wildman–Crippen MR) is 103 cm³/mol. The molecule has 28 heavy (non-hydrogen) atoms. The minimum Gasteiger partial charge on any atom is -0.483 e. The number of amides is 2. The number of carbonyl (C=O) groups is 2. The van der Waals surface area contributed by atoms with E-state index >= 15 is 0 Å². The number of benzene rings is 2. The maximum absolute atomic E-state index is 12.2. The van der Waals surface area contributed by atoms with Crippen LogP contribution in [0.5, 0.6) is 5.75 Å². The van der Waals surface area contributed by atoms with Gasteiger partial charge in [0.05, 0.1) is 6.21 Å². The van der Waals surface area contributed by atoms with E-state index in [0.29, 0.717) is 22.4 Å². The van der Waals surface area contributed by atoms with Crippen LogP contribution in [0, 0.1) is 0 Å². The molecule has 2 aromatic rings. The van der Waals surface area contributed by atoms with Crippen LogP contribution in [0.15, 0.2) is 59.7 Å². The number of primary amides is 1. The zero-order valence-electron chi connectivity index (χ0n) is 14.8. The highest BCUT2D eigenvalue weighted by Crippen LogP contribution is 2.15. The fourth-order valence-electron chi connectivity index (χ4n) is 2.12. The van der Waals surface area contributed by atoms with Crippen molar-refractivity contribution in [1.29, 1.82) is 0 Å². The molecule has 2 amide bonds. The molecule has 2 rings (SSSR count). The molecule has 0 saturated heterocycles. The number of aliphatic hydroxyl groups is 1. The Morgan fingerprint density at radius 2 is 2.00 bits per heavy atom. The van der Waals surface area contributed by atoms with Crippen LogP contribution in [0.1, 0.15) is 21.5 Å². The molecule has 0 aliphatic rings. The van der Waals surface area contributed by atoms with Gasteiger partial charge < -0.3 is 20.8 Å². The Labute approximate surface area is 161 Å². The first kappa shape index (κ1) is 20.8. The second-order valence-corrected chi connectivity index (χ2v) is 5.55. The molecule has 2 aromatic carbocycles. The Kier molecular flexibility index (Phi) is 7.85. The van der Waals surface area contributed by atoms with E-state index in [1.807, 2.05) is 0 Å². The Balaban J connectivity index is 2.02. The zero-order valence-corrected chi connectivity index (χ0v) is 14.8. The van der Waals surface area contributed by atoms with Gasteiger partial charge in [-0.2, -0.15) is 10.6 Å². The molecule has 0 aliphatic heterocycles. The van der Waals surface area contributed by atoms with Gasteiger partial charge in [-0.05, 0) is 35.9 Å². The van der Waals surface area contributed by atoms with Crippen LogP contribution in [-0.2, 0) is 4.79 Å². The smallest absolute Gasteiger partial charge is 0.271 e. The Morgan fingerprint density at radius 1 is 1.21 bits per heavy atom. The molecule has 0 heterocycles. The highest BCUT2D eigenvalue weighted by atomic mass is 16.5. The van der Waals surface area contributed by atoms with E-state index in [2.05, 4.69) is 10.5 Å². The van der Waals surface area contributed by atoms with Gasteiger partial charge in [-0.15, -0.1) is 0 Å². The van der Waals surface area contributed by atoms with Crippen LogP contribution in [0.4, 0.5) is 0 Å². The standard InChI is InChI=1S/C19H20N4O5/c20-17(24)12-28-16-7-2-1-5-15(16)11-21-22-19(26)14-6-3-4-13(10-14)8-9-18(25)23-27/h1-11,18,23,25,27H,12H2,(H2,20,24)(H,22,26)/b9-8+,21-11-. The molecule has 6 N–H and O–H groups in total. The van der Waals surface area contributed by atoms with Crippen LogP contribution in [0.25, 0.3) is 6.08 Å². The first-order valence-electron chi connectivity index (χ1n) is 8.19. The third-order valence-corrected chi connectivity index (χ3v) is 3.41. The van der Waals surface area contributed by atoms with E-state index in [1.165, 1.54) is 12.3 Å². The fourth-order valence-corrected chi connectivity index (χ4v) is 2.12. The van der Waals surface area contributed by atoms with Crippen molar-refractivity contribution in [2.24, 2.45) is 10.8 Å². The number of nitrogens with two attached hydrogens (primary N) is 1. The normalized spacial score (nSPS) is 12.2. The zero-order chi connectivity index (χ0) is 20.4. The minimum atomic E-state index is -1.21. The number of aliphatic hydroxyl groups excluding tert-OH is 1. The molecule has 1 unspecified atom stereocenters. The summed E-state index contributed by atoms with van der Waals surface area (Å²) in [7, 11) is 0. The molecule has 146 valence electrons. The van der Waals surface area contributed by atoms with Gasteiger partial charge in [0.25, 0.3) is 11.8 Å². The molecular formula is C19H20N4O5. The van der Waals surface area contributed by atoms with Crippen LogP contribution in [0.2, 0.25) is 0 Å². The lowest BCUT2D eigenvalue weighted by atomic mass is 10.1. The number of hydroxylamine groups is 1. The monoisotopic (exact) mass is 384 g/mol. The molecule has 0 radical (unpaired) electrons. The lowest BCUT2D eigenvalue weighted by Gasteiger charge is -2.06. The van der Waals surface area contributed by atoms with Crippen LogP contribution in [0.3, 0.4) is 0 Å². The number of nitrogens with zero attached hydrogens (tertiary/aromatic N) is 1. The molecule has 9 nitrogen and oxygen atoms in total. The molecule has 9 heteroatoms. The summed E-state index contributed by atoms with van der Waals surface area (Å²) in [5.41, 5.74) is 10.7. The Bertz CT molecular complexity index is 882. The van der Waals surface area contributed by atoms with Gasteiger partial charge in [0.2, 0.25) is 0 Å². The molecule has 0 bridgehead atoms.